The Morgan fingerprint density at radius 3 is 2.71 bits per heavy atom. The number of primary amides is 1. The van der Waals surface area contributed by atoms with Crippen LogP contribution in [0.25, 0.3) is 0 Å². The van der Waals surface area contributed by atoms with Crippen LogP contribution in [0, 0.1) is 5.92 Å². The van der Waals surface area contributed by atoms with E-state index in [0.29, 0.717) is 5.16 Å². The summed E-state index contributed by atoms with van der Waals surface area (Å²) in [5.41, 5.74) is 5.00. The summed E-state index contributed by atoms with van der Waals surface area (Å²) in [5, 5.41) is 10.3. The zero-order chi connectivity index (χ0) is 15.8. The van der Waals surface area contributed by atoms with Crippen LogP contribution in [0.1, 0.15) is 40.0 Å². The maximum absolute atomic E-state index is 12.0. The minimum Gasteiger partial charge on any atom is -0.351 e. The van der Waals surface area contributed by atoms with E-state index in [2.05, 4.69) is 22.4 Å². The number of unbranched alkanes of at least 4 members (excludes halogenated alkanes) is 2. The van der Waals surface area contributed by atoms with Crippen molar-refractivity contribution in [3.63, 3.8) is 0 Å². The molecule has 0 aliphatic rings. The minimum absolute atomic E-state index is 0.0372. The molecule has 0 saturated carbocycles. The molecule has 1 aromatic rings. The molecule has 0 spiro atoms. The fourth-order valence-corrected chi connectivity index (χ4v) is 2.85. The van der Waals surface area contributed by atoms with Crippen molar-refractivity contribution in [2.24, 2.45) is 11.7 Å². The van der Waals surface area contributed by atoms with Gasteiger partial charge in [-0.05, 0) is 12.3 Å². The lowest BCUT2D eigenvalue weighted by atomic mass is 10.1. The molecule has 8 heteroatoms. The highest BCUT2D eigenvalue weighted by molar-refractivity contribution is 8.00. The summed E-state index contributed by atoms with van der Waals surface area (Å²) in [7, 11) is 0. The average molecular weight is 313 g/mol. The average Bonchev–Trinajstić information content (AvgIpc) is 2.82. The number of carbonyl (C=O) groups is 2. The molecule has 7 nitrogen and oxygen atoms in total. The third-order valence-electron chi connectivity index (χ3n) is 2.93. The van der Waals surface area contributed by atoms with Gasteiger partial charge in [-0.15, -0.1) is 10.2 Å². The molecule has 0 bridgehead atoms. The number of aromatic nitrogens is 3. The number of hydrogen-bond acceptors (Lipinski definition) is 5. The quantitative estimate of drug-likeness (QED) is 0.562. The Morgan fingerprint density at radius 2 is 2.14 bits per heavy atom. The number of thioether (sulfide) groups is 1. The molecule has 3 N–H and O–H groups in total. The van der Waals surface area contributed by atoms with Gasteiger partial charge in [0.05, 0.1) is 5.25 Å². The van der Waals surface area contributed by atoms with Crippen LogP contribution in [-0.4, -0.2) is 32.0 Å². The highest BCUT2D eigenvalue weighted by Crippen LogP contribution is 2.27. The lowest BCUT2D eigenvalue weighted by molar-refractivity contribution is -0.120. The van der Waals surface area contributed by atoms with Crippen LogP contribution >= 0.6 is 11.8 Å². The van der Waals surface area contributed by atoms with Gasteiger partial charge in [0.25, 0.3) is 0 Å². The molecule has 0 fully saturated rings. The highest BCUT2D eigenvalue weighted by atomic mass is 32.2. The Labute approximate surface area is 129 Å². The van der Waals surface area contributed by atoms with Gasteiger partial charge in [-0.2, -0.15) is 0 Å². The summed E-state index contributed by atoms with van der Waals surface area (Å²) >= 11 is 1.31. The summed E-state index contributed by atoms with van der Waals surface area (Å²) in [6.07, 6.45) is 4.99. The monoisotopic (exact) mass is 313 g/mol. The van der Waals surface area contributed by atoms with Gasteiger partial charge in [0.15, 0.2) is 5.16 Å². The topological polar surface area (TPSA) is 103 Å². The Bertz CT molecular complexity index is 475. The summed E-state index contributed by atoms with van der Waals surface area (Å²) < 4.78 is 1.94. The molecule has 118 valence electrons. The van der Waals surface area contributed by atoms with E-state index >= 15 is 0 Å². The van der Waals surface area contributed by atoms with Gasteiger partial charge in [0.1, 0.15) is 6.33 Å². The van der Waals surface area contributed by atoms with Gasteiger partial charge in [-0.25, -0.2) is 4.79 Å². The van der Waals surface area contributed by atoms with Crippen molar-refractivity contribution in [1.82, 2.24) is 20.1 Å². The van der Waals surface area contributed by atoms with Crippen molar-refractivity contribution < 1.29 is 9.59 Å². The first-order valence-corrected chi connectivity index (χ1v) is 7.98. The molecule has 0 saturated heterocycles. The van der Waals surface area contributed by atoms with Crippen molar-refractivity contribution in [2.45, 2.75) is 57.0 Å². The van der Waals surface area contributed by atoms with E-state index in [1.54, 1.807) is 6.33 Å². The third-order valence-corrected chi connectivity index (χ3v) is 4.46. The van der Waals surface area contributed by atoms with Crippen molar-refractivity contribution in [2.75, 3.05) is 0 Å². The van der Waals surface area contributed by atoms with Crippen molar-refractivity contribution >= 4 is 23.7 Å². The first-order valence-electron chi connectivity index (χ1n) is 7.10. The Morgan fingerprint density at radius 1 is 1.43 bits per heavy atom. The largest absolute Gasteiger partial charge is 0.351 e. The molecule has 1 unspecified atom stereocenters. The summed E-state index contributed by atoms with van der Waals surface area (Å²) in [6.45, 7) is 6.79. The second-order valence-electron chi connectivity index (χ2n) is 5.15. The highest BCUT2D eigenvalue weighted by Gasteiger charge is 2.26. The van der Waals surface area contributed by atoms with Gasteiger partial charge in [0.2, 0.25) is 5.91 Å². The molecule has 0 radical (unpaired) electrons. The number of nitrogens with zero attached hydrogens (tertiary/aromatic N) is 3. The van der Waals surface area contributed by atoms with E-state index in [4.69, 9.17) is 5.73 Å². The minimum atomic E-state index is -0.837. The number of carbonyl (C=O) groups excluding carboxylic acids is 2. The number of amides is 3. The van der Waals surface area contributed by atoms with Crippen molar-refractivity contribution in [3.8, 4) is 0 Å². The molecule has 0 aromatic carbocycles. The van der Waals surface area contributed by atoms with Crippen LogP contribution in [0.4, 0.5) is 4.79 Å². The number of nitrogens with one attached hydrogen (secondary N) is 1. The van der Waals surface area contributed by atoms with E-state index in [1.807, 2.05) is 18.4 Å². The summed E-state index contributed by atoms with van der Waals surface area (Å²) in [5.74, 6) is -0.360. The maximum Gasteiger partial charge on any atom is 0.318 e. The van der Waals surface area contributed by atoms with Crippen molar-refractivity contribution in [1.29, 1.82) is 0 Å². The van der Waals surface area contributed by atoms with Crippen LogP contribution in [0.15, 0.2) is 11.5 Å². The molecule has 1 rings (SSSR count). The van der Waals surface area contributed by atoms with Gasteiger partial charge >= 0.3 is 6.03 Å². The lowest BCUT2D eigenvalue weighted by Gasteiger charge is -2.18. The summed E-state index contributed by atoms with van der Waals surface area (Å²) in [6, 6.07) is -0.837. The Balaban J connectivity index is 2.73. The fraction of sp³-hybridized carbons (Fsp3) is 0.692. The molecule has 1 atom stereocenters. The summed E-state index contributed by atoms with van der Waals surface area (Å²) in [4.78, 5) is 22.8. The molecule has 1 heterocycles. The fourth-order valence-electron chi connectivity index (χ4n) is 1.82. The van der Waals surface area contributed by atoms with Crippen molar-refractivity contribution in [3.05, 3.63) is 6.33 Å². The lowest BCUT2D eigenvalue weighted by Crippen LogP contribution is -2.42. The molecule has 3 amide bonds. The number of imide groups is 1. The number of urea groups is 1. The molecule has 0 aliphatic heterocycles. The third kappa shape index (κ3) is 5.74. The van der Waals surface area contributed by atoms with Crippen LogP contribution < -0.4 is 11.1 Å². The van der Waals surface area contributed by atoms with E-state index < -0.39 is 17.2 Å². The van der Waals surface area contributed by atoms with Gasteiger partial charge in [-0.3, -0.25) is 10.1 Å². The predicted octanol–water partition coefficient (Wildman–Crippen LogP) is 1.78. The van der Waals surface area contributed by atoms with Gasteiger partial charge in [-0.1, -0.05) is 45.4 Å². The zero-order valence-electron chi connectivity index (χ0n) is 12.7. The van der Waals surface area contributed by atoms with E-state index in [1.165, 1.54) is 11.8 Å². The van der Waals surface area contributed by atoms with E-state index in [-0.39, 0.29) is 5.92 Å². The number of rotatable bonds is 8. The Kier molecular flexibility index (Phi) is 7.21. The number of nitrogens with two attached hydrogens (primary N) is 1. The normalized spacial score (nSPS) is 12.4. The first kappa shape index (κ1) is 17.5. The number of hydrogen-bond donors (Lipinski definition) is 2. The molecule has 21 heavy (non-hydrogen) atoms. The molecular weight excluding hydrogens is 290 g/mol. The van der Waals surface area contributed by atoms with Crippen LogP contribution in [0.5, 0.6) is 0 Å². The number of aryl methyl sites for hydroxylation is 1. The maximum atomic E-state index is 12.0. The second-order valence-corrected chi connectivity index (χ2v) is 6.26. The second kappa shape index (κ2) is 8.66. The van der Waals surface area contributed by atoms with Crippen LogP contribution in [0.2, 0.25) is 0 Å². The molecule has 0 aliphatic carbocycles. The molecule has 1 aromatic heterocycles. The predicted molar refractivity (Wildman–Crippen MR) is 81.8 cm³/mol. The van der Waals surface area contributed by atoms with Crippen LogP contribution in [-0.2, 0) is 11.3 Å². The van der Waals surface area contributed by atoms with Gasteiger partial charge < -0.3 is 10.3 Å². The van der Waals surface area contributed by atoms with Crippen LogP contribution in [0.3, 0.4) is 0 Å². The standard InChI is InChI=1S/C13H23N5O2S/c1-4-5-6-7-18-8-15-17-13(18)21-10(9(2)3)11(19)16-12(14)20/h8-10H,4-7H2,1-3H3,(H3,14,16,19,20). The zero-order valence-corrected chi connectivity index (χ0v) is 13.5. The van der Waals surface area contributed by atoms with E-state index in [0.717, 1.165) is 25.8 Å². The van der Waals surface area contributed by atoms with Gasteiger partial charge in [0, 0.05) is 6.54 Å². The smallest absolute Gasteiger partial charge is 0.318 e. The Hall–Kier alpha value is -1.57. The SMILES string of the molecule is CCCCCn1cnnc1SC(C(=O)NC(N)=O)C(C)C. The van der Waals surface area contributed by atoms with E-state index in [9.17, 15) is 9.59 Å². The molecular formula is C13H23N5O2S. The first-order chi connectivity index (χ1) is 9.95.